The summed E-state index contributed by atoms with van der Waals surface area (Å²) >= 11 is 0. The molecule has 88 valence electrons. The lowest BCUT2D eigenvalue weighted by Crippen LogP contribution is -2.16. The molecular formula is C13H19NO2. The zero-order valence-electron chi connectivity index (χ0n) is 10.0. The summed E-state index contributed by atoms with van der Waals surface area (Å²) in [5.74, 6) is 1.76. The summed E-state index contributed by atoms with van der Waals surface area (Å²) in [5, 5.41) is 0. The van der Waals surface area contributed by atoms with E-state index >= 15 is 0 Å². The molecule has 0 aliphatic carbocycles. The predicted molar refractivity (Wildman–Crippen MR) is 64.1 cm³/mol. The molecule has 0 fully saturated rings. The van der Waals surface area contributed by atoms with Crippen LogP contribution in [-0.2, 0) is 6.54 Å². The van der Waals surface area contributed by atoms with E-state index in [1.54, 1.807) is 0 Å². The second-order valence-electron chi connectivity index (χ2n) is 4.16. The first-order valence-electron chi connectivity index (χ1n) is 5.86. The van der Waals surface area contributed by atoms with E-state index in [1.165, 1.54) is 5.56 Å². The van der Waals surface area contributed by atoms with Gasteiger partial charge in [-0.2, -0.15) is 0 Å². The van der Waals surface area contributed by atoms with Crippen molar-refractivity contribution < 1.29 is 9.47 Å². The van der Waals surface area contributed by atoms with Crippen LogP contribution in [-0.4, -0.2) is 31.7 Å². The standard InChI is InChI=1S/C13H19NO2/c1-3-14(2)10-11-5-6-12-13(9-11)16-8-4-7-15-12/h5-6,9H,3-4,7-8,10H2,1-2H3. The van der Waals surface area contributed by atoms with Crippen molar-refractivity contribution in [2.75, 3.05) is 26.8 Å². The molecule has 1 aliphatic heterocycles. The van der Waals surface area contributed by atoms with Gasteiger partial charge >= 0.3 is 0 Å². The quantitative estimate of drug-likeness (QED) is 0.781. The number of nitrogens with zero attached hydrogens (tertiary/aromatic N) is 1. The first kappa shape index (κ1) is 11.3. The van der Waals surface area contributed by atoms with Gasteiger partial charge in [-0.3, -0.25) is 0 Å². The van der Waals surface area contributed by atoms with Crippen molar-refractivity contribution in [1.82, 2.24) is 4.90 Å². The molecule has 16 heavy (non-hydrogen) atoms. The number of ether oxygens (including phenoxy) is 2. The molecule has 0 saturated heterocycles. The smallest absolute Gasteiger partial charge is 0.161 e. The SMILES string of the molecule is CCN(C)Cc1ccc2c(c1)OCCCO2. The van der Waals surface area contributed by atoms with E-state index < -0.39 is 0 Å². The first-order chi connectivity index (χ1) is 7.79. The normalized spacial score (nSPS) is 14.9. The lowest BCUT2D eigenvalue weighted by molar-refractivity contribution is 0.296. The third kappa shape index (κ3) is 2.67. The maximum atomic E-state index is 5.66. The van der Waals surface area contributed by atoms with E-state index in [4.69, 9.17) is 9.47 Å². The summed E-state index contributed by atoms with van der Waals surface area (Å²) < 4.78 is 11.3. The highest BCUT2D eigenvalue weighted by molar-refractivity contribution is 5.43. The fourth-order valence-corrected chi connectivity index (χ4v) is 1.73. The Morgan fingerprint density at radius 1 is 1.19 bits per heavy atom. The molecule has 0 bridgehead atoms. The third-order valence-electron chi connectivity index (χ3n) is 2.80. The summed E-state index contributed by atoms with van der Waals surface area (Å²) in [7, 11) is 2.11. The van der Waals surface area contributed by atoms with E-state index in [0.717, 1.165) is 44.2 Å². The Balaban J connectivity index is 2.14. The molecule has 0 aromatic heterocycles. The molecule has 0 amide bonds. The Kier molecular flexibility index (Phi) is 3.67. The van der Waals surface area contributed by atoms with E-state index in [0.29, 0.717) is 0 Å². The van der Waals surface area contributed by atoms with E-state index in [2.05, 4.69) is 31.0 Å². The van der Waals surface area contributed by atoms with Crippen molar-refractivity contribution in [3.05, 3.63) is 23.8 Å². The molecule has 0 radical (unpaired) electrons. The monoisotopic (exact) mass is 221 g/mol. The van der Waals surface area contributed by atoms with Crippen molar-refractivity contribution in [2.45, 2.75) is 19.9 Å². The van der Waals surface area contributed by atoms with Gasteiger partial charge < -0.3 is 14.4 Å². The molecule has 1 aromatic rings. The van der Waals surface area contributed by atoms with Gasteiger partial charge in [0.2, 0.25) is 0 Å². The minimum absolute atomic E-state index is 0.750. The van der Waals surface area contributed by atoms with Crippen molar-refractivity contribution >= 4 is 0 Å². The number of rotatable bonds is 3. The molecule has 3 heteroatoms. The van der Waals surface area contributed by atoms with Crippen LogP contribution in [0, 0.1) is 0 Å². The predicted octanol–water partition coefficient (Wildman–Crippen LogP) is 2.30. The van der Waals surface area contributed by atoms with Gasteiger partial charge in [0.25, 0.3) is 0 Å². The van der Waals surface area contributed by atoms with Crippen molar-refractivity contribution in [2.24, 2.45) is 0 Å². The fraction of sp³-hybridized carbons (Fsp3) is 0.538. The Labute approximate surface area is 97.0 Å². The highest BCUT2D eigenvalue weighted by Gasteiger charge is 2.10. The van der Waals surface area contributed by atoms with Crippen LogP contribution in [0.3, 0.4) is 0 Å². The van der Waals surface area contributed by atoms with Gasteiger partial charge in [-0.15, -0.1) is 0 Å². The van der Waals surface area contributed by atoms with Crippen LogP contribution < -0.4 is 9.47 Å². The lowest BCUT2D eigenvalue weighted by Gasteiger charge is -2.15. The molecule has 3 nitrogen and oxygen atoms in total. The molecule has 1 aromatic carbocycles. The van der Waals surface area contributed by atoms with Crippen molar-refractivity contribution in [3.63, 3.8) is 0 Å². The topological polar surface area (TPSA) is 21.7 Å². The van der Waals surface area contributed by atoms with Crippen LogP contribution in [0.5, 0.6) is 11.5 Å². The van der Waals surface area contributed by atoms with Gasteiger partial charge in [-0.05, 0) is 31.3 Å². The molecule has 0 unspecified atom stereocenters. The average Bonchev–Trinajstić information content (AvgIpc) is 2.53. The van der Waals surface area contributed by atoms with Crippen LogP contribution in [0.2, 0.25) is 0 Å². The zero-order valence-corrected chi connectivity index (χ0v) is 10.0. The first-order valence-corrected chi connectivity index (χ1v) is 5.86. The van der Waals surface area contributed by atoms with Crippen LogP contribution in [0.1, 0.15) is 18.9 Å². The average molecular weight is 221 g/mol. The largest absolute Gasteiger partial charge is 0.490 e. The fourth-order valence-electron chi connectivity index (χ4n) is 1.73. The summed E-state index contributed by atoms with van der Waals surface area (Å²) in [5.41, 5.74) is 1.27. The molecular weight excluding hydrogens is 202 g/mol. The Morgan fingerprint density at radius 2 is 1.94 bits per heavy atom. The van der Waals surface area contributed by atoms with Gasteiger partial charge in [-0.1, -0.05) is 13.0 Å². The summed E-state index contributed by atoms with van der Waals surface area (Å²) in [6.45, 7) is 5.66. The van der Waals surface area contributed by atoms with E-state index in [9.17, 15) is 0 Å². The molecule has 1 heterocycles. The minimum atomic E-state index is 0.750. The van der Waals surface area contributed by atoms with Crippen LogP contribution in [0.4, 0.5) is 0 Å². The van der Waals surface area contributed by atoms with E-state index in [1.807, 2.05) is 6.07 Å². The van der Waals surface area contributed by atoms with E-state index in [-0.39, 0.29) is 0 Å². The molecule has 1 aliphatic rings. The van der Waals surface area contributed by atoms with Crippen molar-refractivity contribution in [3.8, 4) is 11.5 Å². The Hall–Kier alpha value is -1.22. The molecule has 0 saturated carbocycles. The highest BCUT2D eigenvalue weighted by atomic mass is 16.5. The minimum Gasteiger partial charge on any atom is -0.490 e. The van der Waals surface area contributed by atoms with Crippen LogP contribution in [0.15, 0.2) is 18.2 Å². The maximum absolute atomic E-state index is 5.66. The van der Waals surface area contributed by atoms with Crippen molar-refractivity contribution in [1.29, 1.82) is 0 Å². The maximum Gasteiger partial charge on any atom is 0.161 e. The Bertz CT molecular complexity index is 352. The summed E-state index contributed by atoms with van der Waals surface area (Å²) in [4.78, 5) is 2.26. The van der Waals surface area contributed by atoms with Gasteiger partial charge in [0, 0.05) is 13.0 Å². The molecule has 0 N–H and O–H groups in total. The van der Waals surface area contributed by atoms with Crippen LogP contribution in [0.25, 0.3) is 0 Å². The summed E-state index contributed by atoms with van der Waals surface area (Å²) in [6.07, 6.45) is 0.957. The lowest BCUT2D eigenvalue weighted by atomic mass is 10.2. The molecule has 2 rings (SSSR count). The molecule has 0 spiro atoms. The number of hydrogen-bond acceptors (Lipinski definition) is 3. The van der Waals surface area contributed by atoms with Gasteiger partial charge in [-0.25, -0.2) is 0 Å². The second kappa shape index (κ2) is 5.21. The van der Waals surface area contributed by atoms with Gasteiger partial charge in [0.05, 0.1) is 13.2 Å². The second-order valence-corrected chi connectivity index (χ2v) is 4.16. The van der Waals surface area contributed by atoms with Crippen LogP contribution >= 0.6 is 0 Å². The number of benzene rings is 1. The highest BCUT2D eigenvalue weighted by Crippen LogP contribution is 2.30. The van der Waals surface area contributed by atoms with Gasteiger partial charge in [0.1, 0.15) is 0 Å². The number of hydrogen-bond donors (Lipinski definition) is 0. The van der Waals surface area contributed by atoms with Gasteiger partial charge in [0.15, 0.2) is 11.5 Å². The summed E-state index contributed by atoms with van der Waals surface area (Å²) in [6, 6.07) is 6.21. The zero-order chi connectivity index (χ0) is 11.4. The Morgan fingerprint density at radius 3 is 2.69 bits per heavy atom. The number of fused-ring (bicyclic) bond motifs is 1. The third-order valence-corrected chi connectivity index (χ3v) is 2.80. The molecule has 0 atom stereocenters.